The van der Waals surface area contributed by atoms with Gasteiger partial charge in [0.1, 0.15) is 36.1 Å². The van der Waals surface area contributed by atoms with E-state index < -0.39 is 24.2 Å². The smallest absolute Gasteiger partial charge is 0.407 e. The molecule has 0 fully saturated rings. The second kappa shape index (κ2) is 22.5. The van der Waals surface area contributed by atoms with E-state index in [1.54, 1.807) is 24.3 Å². The van der Waals surface area contributed by atoms with E-state index in [2.05, 4.69) is 55.3 Å². The molecular weight excluding hydrogens is 789 g/mol. The van der Waals surface area contributed by atoms with Gasteiger partial charge < -0.3 is 29.7 Å². The number of esters is 1. The molecule has 1 aliphatic rings. The van der Waals surface area contributed by atoms with Crippen LogP contribution in [0.5, 0.6) is 0 Å². The summed E-state index contributed by atoms with van der Waals surface area (Å²) < 4.78 is 17.4. The van der Waals surface area contributed by atoms with Crippen molar-refractivity contribution in [1.29, 1.82) is 0 Å². The number of fused-ring (bicyclic) bond motifs is 3. The fourth-order valence-electron chi connectivity index (χ4n) is 8.07. The Hall–Kier alpha value is -5.33. The van der Waals surface area contributed by atoms with Gasteiger partial charge in [-0.25, -0.2) is 9.78 Å². The summed E-state index contributed by atoms with van der Waals surface area (Å²) in [5.41, 5.74) is 5.78. The van der Waals surface area contributed by atoms with E-state index in [4.69, 9.17) is 19.2 Å². The van der Waals surface area contributed by atoms with Crippen LogP contribution in [0.3, 0.4) is 0 Å². The van der Waals surface area contributed by atoms with Gasteiger partial charge in [-0.1, -0.05) is 133 Å². The Kier molecular flexibility index (Phi) is 17.2. The minimum Gasteiger partial charge on any atom is -0.461 e. The Morgan fingerprint density at radius 3 is 2.11 bits per heavy atom. The number of carbonyl (C=O) groups excluding carboxylic acids is 4. The molecule has 61 heavy (non-hydrogen) atoms. The molecule has 4 aromatic rings. The Labute approximate surface area is 365 Å². The van der Waals surface area contributed by atoms with Gasteiger partial charge in [0.25, 0.3) is 5.91 Å². The maximum Gasteiger partial charge on any atom is 0.407 e. The lowest BCUT2D eigenvalue weighted by molar-refractivity contribution is -0.147. The third-order valence-corrected chi connectivity index (χ3v) is 12.5. The Bertz CT molecular complexity index is 2040. The normalized spacial score (nSPS) is 15.0. The molecule has 0 saturated heterocycles. The van der Waals surface area contributed by atoms with Gasteiger partial charge >= 0.3 is 12.1 Å². The highest BCUT2D eigenvalue weighted by Crippen LogP contribution is 2.44. The van der Waals surface area contributed by atoms with E-state index in [-0.39, 0.29) is 66.5 Å². The highest BCUT2D eigenvalue weighted by molar-refractivity contribution is 7.09. The molecule has 3 aromatic carbocycles. The standard InChI is InChI=1S/C49H62N4O7S/c1-9-25-59-48(56)33(7)26-35(27-34-19-13-12-14-20-34)50-45(54)41-30-61-46(51-41)43(58-11-3)28-42(31(4)5)53(8)47(55)44(32(6)10-2)52-49(57)60-29-40-38-23-17-15-21-36(38)37-22-16-18-24-39(37)40/h9,12-24,30-33,35,40,42-44H,1,10-11,25-29H2,2-8H3,(H,50,54)(H,52,57)/t32-,33-,35+,42+,43+,44-/m0/s1. The number of nitrogens with zero attached hydrogens (tertiary/aromatic N) is 2. The van der Waals surface area contributed by atoms with E-state index in [0.717, 1.165) is 27.8 Å². The first-order valence-electron chi connectivity index (χ1n) is 21.4. The number of nitrogens with one attached hydrogen (secondary N) is 2. The summed E-state index contributed by atoms with van der Waals surface area (Å²) in [5, 5.41) is 8.38. The molecule has 0 radical (unpaired) electrons. The van der Waals surface area contributed by atoms with Crippen LogP contribution in [0, 0.1) is 17.8 Å². The summed E-state index contributed by atoms with van der Waals surface area (Å²) in [7, 11) is 1.77. The van der Waals surface area contributed by atoms with Crippen LogP contribution in [0.1, 0.15) is 105 Å². The first-order chi connectivity index (χ1) is 29.4. The summed E-state index contributed by atoms with van der Waals surface area (Å²) in [6, 6.07) is 24.7. The Morgan fingerprint density at radius 2 is 1.51 bits per heavy atom. The number of rotatable bonds is 22. The Morgan fingerprint density at radius 1 is 0.869 bits per heavy atom. The van der Waals surface area contributed by atoms with E-state index >= 15 is 0 Å². The fourth-order valence-corrected chi connectivity index (χ4v) is 8.93. The molecule has 0 unspecified atom stereocenters. The van der Waals surface area contributed by atoms with Crippen molar-refractivity contribution in [2.24, 2.45) is 17.8 Å². The number of amides is 3. The first kappa shape index (κ1) is 46.7. The molecule has 6 atom stereocenters. The summed E-state index contributed by atoms with van der Waals surface area (Å²) in [6.07, 6.45) is 2.37. The lowest BCUT2D eigenvalue weighted by Gasteiger charge is -2.37. The molecule has 12 heteroatoms. The van der Waals surface area contributed by atoms with Crippen LogP contribution in [-0.2, 0) is 30.2 Å². The highest BCUT2D eigenvalue weighted by Gasteiger charge is 2.36. The Balaban J connectivity index is 1.26. The number of ether oxygens (including phenoxy) is 3. The zero-order valence-electron chi connectivity index (χ0n) is 36.6. The molecule has 3 amide bonds. The number of benzene rings is 3. The maximum absolute atomic E-state index is 14.4. The zero-order chi connectivity index (χ0) is 44.1. The second-order valence-corrected chi connectivity index (χ2v) is 17.1. The predicted molar refractivity (Wildman–Crippen MR) is 240 cm³/mol. The highest BCUT2D eigenvalue weighted by atomic mass is 32.1. The number of aromatic nitrogens is 1. The molecule has 0 spiro atoms. The molecule has 0 bridgehead atoms. The van der Waals surface area contributed by atoms with Crippen molar-refractivity contribution in [3.8, 4) is 11.1 Å². The van der Waals surface area contributed by atoms with Gasteiger partial charge in [0.15, 0.2) is 0 Å². The number of alkyl carbamates (subject to hydrolysis) is 1. The predicted octanol–water partition coefficient (Wildman–Crippen LogP) is 9.14. The van der Waals surface area contributed by atoms with Crippen molar-refractivity contribution >= 4 is 35.2 Å². The van der Waals surface area contributed by atoms with Gasteiger partial charge in [-0.2, -0.15) is 0 Å². The van der Waals surface area contributed by atoms with Crippen molar-refractivity contribution in [1.82, 2.24) is 20.5 Å². The van der Waals surface area contributed by atoms with Gasteiger partial charge in [-0.3, -0.25) is 14.4 Å². The van der Waals surface area contributed by atoms with E-state index in [1.807, 2.05) is 75.4 Å². The first-order valence-corrected chi connectivity index (χ1v) is 22.3. The molecule has 1 aromatic heterocycles. The third kappa shape index (κ3) is 12.2. The average molecular weight is 851 g/mol. The van der Waals surface area contributed by atoms with Crippen molar-refractivity contribution in [2.75, 3.05) is 26.9 Å². The van der Waals surface area contributed by atoms with Crippen LogP contribution in [0.4, 0.5) is 4.79 Å². The lowest BCUT2D eigenvalue weighted by atomic mass is 9.93. The monoisotopic (exact) mass is 850 g/mol. The maximum atomic E-state index is 14.4. The number of carbonyl (C=O) groups is 4. The number of thiazole rings is 1. The van der Waals surface area contributed by atoms with E-state index in [1.165, 1.54) is 17.4 Å². The molecule has 1 heterocycles. The van der Waals surface area contributed by atoms with Crippen molar-refractivity contribution in [2.45, 2.75) is 97.4 Å². The molecule has 0 aliphatic heterocycles. The molecule has 326 valence electrons. The van der Waals surface area contributed by atoms with Crippen LogP contribution < -0.4 is 10.6 Å². The minimum absolute atomic E-state index is 0.0191. The topological polar surface area (TPSA) is 136 Å². The van der Waals surface area contributed by atoms with Crippen molar-refractivity contribution in [3.05, 3.63) is 124 Å². The number of hydrogen-bond donors (Lipinski definition) is 2. The molecule has 1 aliphatic carbocycles. The SMILES string of the molecule is C=CCOC(=O)[C@@H](C)C[C@H](Cc1ccccc1)NC(=O)c1csc([C@@H](C[C@H](C(C)C)N(C)C(=O)[C@@H](NC(=O)OCC2c3ccccc3-c3ccccc32)[C@@H](C)CC)OCC)n1. The summed E-state index contributed by atoms with van der Waals surface area (Å²) in [4.78, 5) is 60.7. The third-order valence-electron chi connectivity index (χ3n) is 11.6. The van der Waals surface area contributed by atoms with Gasteiger partial charge in [0.2, 0.25) is 5.91 Å². The molecule has 0 saturated carbocycles. The molecular formula is C49H62N4O7S. The fraction of sp³-hybridized carbons (Fsp3) is 0.449. The summed E-state index contributed by atoms with van der Waals surface area (Å²) in [5.74, 6) is -1.63. The zero-order valence-corrected chi connectivity index (χ0v) is 37.4. The van der Waals surface area contributed by atoms with Crippen LogP contribution in [0.25, 0.3) is 11.1 Å². The summed E-state index contributed by atoms with van der Waals surface area (Å²) >= 11 is 1.33. The molecule has 2 N–H and O–H groups in total. The minimum atomic E-state index is -0.817. The van der Waals surface area contributed by atoms with Gasteiger partial charge in [0, 0.05) is 43.5 Å². The van der Waals surface area contributed by atoms with E-state index in [0.29, 0.717) is 37.3 Å². The van der Waals surface area contributed by atoms with Gasteiger partial charge in [-0.15, -0.1) is 11.3 Å². The molecule has 11 nitrogen and oxygen atoms in total. The van der Waals surface area contributed by atoms with Crippen LogP contribution in [-0.4, -0.2) is 78.8 Å². The lowest BCUT2D eigenvalue weighted by Crippen LogP contribution is -2.54. The molecule has 5 rings (SSSR count). The van der Waals surface area contributed by atoms with Crippen molar-refractivity contribution in [3.63, 3.8) is 0 Å². The van der Waals surface area contributed by atoms with Crippen molar-refractivity contribution < 1.29 is 33.4 Å². The quantitative estimate of drug-likeness (QED) is 0.0591. The summed E-state index contributed by atoms with van der Waals surface area (Å²) in [6.45, 7) is 16.0. The van der Waals surface area contributed by atoms with Crippen LogP contribution in [0.15, 0.2) is 96.9 Å². The second-order valence-electron chi connectivity index (χ2n) is 16.3. The van der Waals surface area contributed by atoms with Crippen LogP contribution in [0.2, 0.25) is 0 Å². The number of likely N-dealkylation sites (N-methyl/N-ethyl adjacent to an activating group) is 1. The average Bonchev–Trinajstić information content (AvgIpc) is 3.88. The van der Waals surface area contributed by atoms with E-state index in [9.17, 15) is 19.2 Å². The van der Waals surface area contributed by atoms with Gasteiger partial charge in [0.05, 0.1) is 5.92 Å². The number of hydrogen-bond acceptors (Lipinski definition) is 9. The van der Waals surface area contributed by atoms with Crippen LogP contribution >= 0.6 is 11.3 Å². The largest absolute Gasteiger partial charge is 0.461 e. The van der Waals surface area contributed by atoms with Gasteiger partial charge in [-0.05, 0) is 59.4 Å².